The fourth-order valence-electron chi connectivity index (χ4n) is 6.02. The second-order valence-electron chi connectivity index (χ2n) is 11.3. The maximum Gasteiger partial charge on any atom is 0.435 e. The van der Waals surface area contributed by atoms with E-state index in [2.05, 4.69) is 20.4 Å². The van der Waals surface area contributed by atoms with Crippen molar-refractivity contribution in [2.45, 2.75) is 37.1 Å². The number of carbonyl (C=O) groups is 4. The summed E-state index contributed by atoms with van der Waals surface area (Å²) in [5.41, 5.74) is 6.76. The second kappa shape index (κ2) is 12.5. The Kier molecular flexibility index (Phi) is 8.55. The van der Waals surface area contributed by atoms with Crippen molar-refractivity contribution in [2.24, 2.45) is 10.7 Å². The van der Waals surface area contributed by atoms with Crippen LogP contribution in [0.4, 0.5) is 13.6 Å². The number of nitrogens with zero attached hydrogens (tertiary/aromatic N) is 2. The molecule has 47 heavy (non-hydrogen) atoms. The van der Waals surface area contributed by atoms with E-state index in [0.29, 0.717) is 24.3 Å². The molecule has 2 fully saturated rings. The van der Waals surface area contributed by atoms with Gasteiger partial charge in [0.15, 0.2) is 5.79 Å². The Labute approximate surface area is 271 Å². The number of thiophene rings is 1. The largest absolute Gasteiger partial charge is 0.451 e. The van der Waals surface area contributed by atoms with Crippen LogP contribution in [0.5, 0.6) is 0 Å². The molecule has 2 atom stereocenters. The van der Waals surface area contributed by atoms with E-state index in [4.69, 9.17) is 15.2 Å². The van der Waals surface area contributed by atoms with E-state index in [0.717, 1.165) is 4.88 Å². The lowest BCUT2D eigenvalue weighted by Gasteiger charge is -2.25. The Morgan fingerprint density at radius 2 is 1.81 bits per heavy atom. The average Bonchev–Trinajstić information content (AvgIpc) is 3.86. The Hall–Kier alpha value is -4.73. The summed E-state index contributed by atoms with van der Waals surface area (Å²) in [6.07, 6.45) is -0.759. The summed E-state index contributed by atoms with van der Waals surface area (Å²) in [5, 5.41) is 7.16. The van der Waals surface area contributed by atoms with Crippen molar-refractivity contribution < 1.29 is 42.2 Å². The van der Waals surface area contributed by atoms with E-state index in [1.807, 2.05) is 0 Å². The molecule has 0 radical (unpaired) electrons. The zero-order valence-corrected chi connectivity index (χ0v) is 26.2. The highest BCUT2D eigenvalue weighted by Crippen LogP contribution is 2.51. The van der Waals surface area contributed by atoms with Crippen LogP contribution in [0.25, 0.3) is 11.1 Å². The van der Waals surface area contributed by atoms with Crippen LogP contribution in [0.1, 0.15) is 51.3 Å². The number of likely N-dealkylation sites (tertiary alicyclic amines) is 1. The predicted octanol–water partition coefficient (Wildman–Crippen LogP) is 3.29. The maximum atomic E-state index is 15.0. The number of amidine groups is 1. The molecule has 4 amide bonds. The molecule has 4 N–H and O–H groups in total. The molecular weight excluding hydrogens is 636 g/mol. The summed E-state index contributed by atoms with van der Waals surface area (Å²) >= 11 is 1.30. The molecular formula is C32H31F2N5O7S. The van der Waals surface area contributed by atoms with Crippen LogP contribution in [0, 0.1) is 0 Å². The highest BCUT2D eigenvalue weighted by Gasteiger charge is 2.52. The highest BCUT2D eigenvalue weighted by atomic mass is 32.1. The molecule has 12 nitrogen and oxygen atoms in total. The zero-order valence-electron chi connectivity index (χ0n) is 25.4. The molecule has 2 aliphatic heterocycles. The average molecular weight is 668 g/mol. The van der Waals surface area contributed by atoms with Crippen LogP contribution in [0.3, 0.4) is 0 Å². The number of carbonyl (C=O) groups excluding carboxylic acids is 4. The smallest absolute Gasteiger partial charge is 0.435 e. The maximum absolute atomic E-state index is 15.0. The van der Waals surface area contributed by atoms with Crippen molar-refractivity contribution >= 4 is 41.0 Å². The number of fused-ring (bicyclic) bond motifs is 3. The van der Waals surface area contributed by atoms with Crippen molar-refractivity contribution in [1.82, 2.24) is 15.5 Å². The first-order chi connectivity index (χ1) is 22.4. The summed E-state index contributed by atoms with van der Waals surface area (Å²) in [7, 11) is 1.19. The Morgan fingerprint density at radius 1 is 1.09 bits per heavy atom. The van der Waals surface area contributed by atoms with Crippen LogP contribution in [0.15, 0.2) is 58.9 Å². The van der Waals surface area contributed by atoms with Gasteiger partial charge in [0.25, 0.3) is 11.8 Å². The number of nitrogens with two attached hydrogens (primary N) is 1. The van der Waals surface area contributed by atoms with Crippen molar-refractivity contribution in [2.75, 3.05) is 33.4 Å². The number of ether oxygens (including phenoxy) is 3. The van der Waals surface area contributed by atoms with E-state index >= 15 is 0 Å². The molecule has 3 heterocycles. The molecule has 1 spiro atoms. The molecule has 15 heteroatoms. The fourth-order valence-corrected chi connectivity index (χ4v) is 6.93. The predicted molar refractivity (Wildman–Crippen MR) is 166 cm³/mol. The van der Waals surface area contributed by atoms with Gasteiger partial charge in [-0.1, -0.05) is 30.3 Å². The van der Waals surface area contributed by atoms with Gasteiger partial charge in [0.1, 0.15) is 11.9 Å². The monoisotopic (exact) mass is 667 g/mol. The molecule has 3 aromatic rings. The van der Waals surface area contributed by atoms with Crippen LogP contribution in [0.2, 0.25) is 0 Å². The van der Waals surface area contributed by atoms with Gasteiger partial charge in [0.05, 0.1) is 39.5 Å². The Morgan fingerprint density at radius 3 is 2.55 bits per heavy atom. The summed E-state index contributed by atoms with van der Waals surface area (Å²) in [6.45, 7) is 1.88. The highest BCUT2D eigenvalue weighted by molar-refractivity contribution is 7.10. The van der Waals surface area contributed by atoms with Gasteiger partial charge in [0.2, 0.25) is 11.8 Å². The first-order valence-electron chi connectivity index (χ1n) is 14.7. The molecule has 246 valence electrons. The summed E-state index contributed by atoms with van der Waals surface area (Å²) in [6, 6.07) is 10.3. The lowest BCUT2D eigenvalue weighted by Crippen LogP contribution is -2.49. The van der Waals surface area contributed by atoms with E-state index in [9.17, 15) is 28.0 Å². The number of nitrogens with one attached hydrogen (secondary N) is 2. The third-order valence-electron chi connectivity index (χ3n) is 8.39. The molecule has 1 aromatic heterocycles. The number of amides is 4. The summed E-state index contributed by atoms with van der Waals surface area (Å²) < 4.78 is 46.0. The van der Waals surface area contributed by atoms with Crippen LogP contribution in [-0.4, -0.2) is 79.8 Å². The summed E-state index contributed by atoms with van der Waals surface area (Å²) in [4.78, 5) is 57.2. The molecule has 3 aliphatic rings. The Bertz CT molecular complexity index is 1790. The minimum Gasteiger partial charge on any atom is -0.451 e. The number of rotatable bonds is 7. The molecule has 0 bridgehead atoms. The number of alkyl halides is 2. The van der Waals surface area contributed by atoms with Gasteiger partial charge in [-0.05, 0) is 36.2 Å². The SMILES string of the molecule is COC(=O)/N=C(/N)c1csc([C@@H](C)NC(=O)[C@@H]2CC3(CN2C(=O)CNC(=O)c2ccc4c(c2)-c2ccccc2C4(F)F)OCCO3)c1. The first kappa shape index (κ1) is 32.2. The van der Waals surface area contributed by atoms with Crippen LogP contribution in [-0.2, 0) is 29.7 Å². The van der Waals surface area contributed by atoms with E-state index in [-0.39, 0.29) is 41.1 Å². The number of hydrogen-bond acceptors (Lipinski definition) is 8. The molecule has 2 saturated heterocycles. The van der Waals surface area contributed by atoms with Crippen molar-refractivity contribution in [3.63, 3.8) is 0 Å². The zero-order chi connectivity index (χ0) is 33.5. The third kappa shape index (κ3) is 6.08. The summed E-state index contributed by atoms with van der Waals surface area (Å²) in [5.74, 6) is -6.01. The van der Waals surface area contributed by atoms with E-state index < -0.39 is 54.2 Å². The Balaban J connectivity index is 1.13. The molecule has 0 unspecified atom stereocenters. The molecule has 1 aliphatic carbocycles. The number of hydrogen-bond donors (Lipinski definition) is 3. The number of aliphatic imine (C=N–C) groups is 1. The van der Waals surface area contributed by atoms with Gasteiger partial charge in [-0.3, -0.25) is 14.4 Å². The van der Waals surface area contributed by atoms with Crippen LogP contribution >= 0.6 is 11.3 Å². The quantitative estimate of drug-likeness (QED) is 0.256. The fraction of sp³-hybridized carbons (Fsp3) is 0.344. The topological polar surface area (TPSA) is 162 Å². The number of methoxy groups -OCH3 is 1. The van der Waals surface area contributed by atoms with Crippen LogP contribution < -0.4 is 16.4 Å². The van der Waals surface area contributed by atoms with Gasteiger partial charge in [-0.15, -0.1) is 11.3 Å². The van der Waals surface area contributed by atoms with Crippen molar-refractivity contribution in [3.8, 4) is 11.1 Å². The minimum atomic E-state index is -3.18. The van der Waals surface area contributed by atoms with E-state index in [1.165, 1.54) is 53.7 Å². The molecule has 2 aromatic carbocycles. The van der Waals surface area contributed by atoms with E-state index in [1.54, 1.807) is 30.5 Å². The van der Waals surface area contributed by atoms with Gasteiger partial charge in [0, 0.05) is 38.9 Å². The lowest BCUT2D eigenvalue weighted by atomic mass is 10.0. The normalized spacial score (nSPS) is 19.6. The van der Waals surface area contributed by atoms with Crippen molar-refractivity contribution in [3.05, 3.63) is 81.0 Å². The van der Waals surface area contributed by atoms with Gasteiger partial charge < -0.3 is 35.5 Å². The molecule has 0 saturated carbocycles. The minimum absolute atomic E-state index is 0.0252. The van der Waals surface area contributed by atoms with Crippen molar-refractivity contribution in [1.29, 1.82) is 0 Å². The van der Waals surface area contributed by atoms with Gasteiger partial charge in [-0.25, -0.2) is 4.79 Å². The third-order valence-corrected chi connectivity index (χ3v) is 9.51. The lowest BCUT2D eigenvalue weighted by molar-refractivity contribution is -0.152. The first-order valence-corrected chi connectivity index (χ1v) is 15.6. The number of halogens is 2. The van der Waals surface area contributed by atoms with Gasteiger partial charge in [-0.2, -0.15) is 13.8 Å². The van der Waals surface area contributed by atoms with Gasteiger partial charge >= 0.3 is 6.09 Å². The standard InChI is InChI=1S/C32H31F2N5O7S/c1-17(25-12-19(15-47-25)27(35)38-30(43)44-2)37-29(42)24-13-31(45-9-10-46-31)16-39(24)26(40)14-36-28(41)18-7-8-23-21(11-18)20-5-3-4-6-22(20)32(23,33)34/h3-8,11-12,15,17,24H,9-10,13-14,16H2,1-2H3,(H,36,41)(H,37,42)(H2,35,38,43)/t17-,24+/m1/s1. The number of benzene rings is 2. The second-order valence-corrected chi connectivity index (χ2v) is 12.3. The molecule has 6 rings (SSSR count).